The number of hydrogen-bond acceptors (Lipinski definition) is 4. The number of aliphatic hydroxyl groups is 2. The minimum absolute atomic E-state index is 0.0481. The monoisotopic (exact) mass is 276 g/mol. The fourth-order valence-electron chi connectivity index (χ4n) is 2.55. The Kier molecular flexibility index (Phi) is 6.50. The molecule has 0 saturated heterocycles. The van der Waals surface area contributed by atoms with Crippen molar-refractivity contribution in [3.8, 4) is 6.07 Å². The highest BCUT2D eigenvalue weighted by atomic mass is 16.3. The molecule has 0 aliphatic heterocycles. The van der Waals surface area contributed by atoms with Crippen LogP contribution in [0.25, 0.3) is 0 Å². The molecular formula is C16H24N2O2. The average molecular weight is 276 g/mol. The molecule has 0 aromatic heterocycles. The molecule has 0 fully saturated rings. The van der Waals surface area contributed by atoms with Crippen molar-refractivity contribution in [2.75, 3.05) is 18.1 Å². The lowest BCUT2D eigenvalue weighted by Crippen LogP contribution is -2.37. The van der Waals surface area contributed by atoms with Crippen LogP contribution in [-0.4, -0.2) is 29.4 Å². The van der Waals surface area contributed by atoms with Crippen molar-refractivity contribution in [2.45, 2.75) is 45.8 Å². The van der Waals surface area contributed by atoms with E-state index in [9.17, 15) is 10.2 Å². The van der Waals surface area contributed by atoms with Gasteiger partial charge in [0.05, 0.1) is 24.3 Å². The van der Waals surface area contributed by atoms with E-state index < -0.39 is 6.10 Å². The average Bonchev–Trinajstić information content (AvgIpc) is 2.46. The molecule has 1 aromatic rings. The molecule has 0 aliphatic rings. The van der Waals surface area contributed by atoms with Crippen molar-refractivity contribution >= 4 is 5.69 Å². The summed E-state index contributed by atoms with van der Waals surface area (Å²) in [6.45, 7) is 6.48. The summed E-state index contributed by atoms with van der Waals surface area (Å²) in [6, 6.07) is 7.74. The molecule has 4 heteroatoms. The first kappa shape index (κ1) is 16.5. The van der Waals surface area contributed by atoms with Gasteiger partial charge in [-0.1, -0.05) is 19.9 Å². The lowest BCUT2D eigenvalue weighted by Gasteiger charge is -2.34. The van der Waals surface area contributed by atoms with Gasteiger partial charge in [-0.05, 0) is 31.9 Å². The van der Waals surface area contributed by atoms with Gasteiger partial charge in [-0.15, -0.1) is 0 Å². The van der Waals surface area contributed by atoms with E-state index in [1.54, 1.807) is 25.1 Å². The fraction of sp³-hybridized carbons (Fsp3) is 0.562. The first-order valence-electron chi connectivity index (χ1n) is 7.18. The molecule has 0 unspecified atom stereocenters. The first-order valence-corrected chi connectivity index (χ1v) is 7.18. The van der Waals surface area contributed by atoms with Crippen LogP contribution in [0.2, 0.25) is 0 Å². The molecule has 20 heavy (non-hydrogen) atoms. The summed E-state index contributed by atoms with van der Waals surface area (Å²) in [5.41, 5.74) is 2.21. The van der Waals surface area contributed by atoms with E-state index in [-0.39, 0.29) is 12.6 Å². The molecule has 0 spiro atoms. The summed E-state index contributed by atoms with van der Waals surface area (Å²) in [5, 5.41) is 28.3. The van der Waals surface area contributed by atoms with E-state index in [0.29, 0.717) is 12.1 Å². The summed E-state index contributed by atoms with van der Waals surface area (Å²) in [4.78, 5) is 2.10. The number of nitriles is 1. The van der Waals surface area contributed by atoms with Crippen LogP contribution in [0.4, 0.5) is 5.69 Å². The Morgan fingerprint density at radius 3 is 2.40 bits per heavy atom. The number of hydrogen-bond donors (Lipinski definition) is 2. The Bertz CT molecular complexity index is 462. The molecule has 4 nitrogen and oxygen atoms in total. The zero-order chi connectivity index (χ0) is 15.1. The SMILES string of the molecule is CCC(CC)N(CCO)c1cc(C#N)ccc1[C@H](C)O. The maximum absolute atomic E-state index is 9.94. The van der Waals surface area contributed by atoms with Crippen LogP contribution in [-0.2, 0) is 0 Å². The second-order valence-corrected chi connectivity index (χ2v) is 4.95. The van der Waals surface area contributed by atoms with Gasteiger partial charge in [0, 0.05) is 23.8 Å². The van der Waals surface area contributed by atoms with Gasteiger partial charge in [-0.3, -0.25) is 0 Å². The van der Waals surface area contributed by atoms with E-state index >= 15 is 0 Å². The molecule has 110 valence electrons. The van der Waals surface area contributed by atoms with Gasteiger partial charge in [0.15, 0.2) is 0 Å². The summed E-state index contributed by atoms with van der Waals surface area (Å²) in [5.74, 6) is 0. The van der Waals surface area contributed by atoms with E-state index in [4.69, 9.17) is 5.26 Å². The Morgan fingerprint density at radius 2 is 1.95 bits per heavy atom. The number of benzene rings is 1. The highest BCUT2D eigenvalue weighted by Gasteiger charge is 2.20. The van der Waals surface area contributed by atoms with E-state index in [1.165, 1.54) is 0 Å². The van der Waals surface area contributed by atoms with Gasteiger partial charge in [-0.2, -0.15) is 5.26 Å². The van der Waals surface area contributed by atoms with Gasteiger partial charge < -0.3 is 15.1 Å². The highest BCUT2D eigenvalue weighted by molar-refractivity contribution is 5.59. The third kappa shape index (κ3) is 3.72. The minimum atomic E-state index is -0.603. The van der Waals surface area contributed by atoms with E-state index in [1.807, 2.05) is 0 Å². The lowest BCUT2D eigenvalue weighted by molar-refractivity contribution is 0.199. The van der Waals surface area contributed by atoms with Gasteiger partial charge >= 0.3 is 0 Å². The fourth-order valence-corrected chi connectivity index (χ4v) is 2.55. The molecule has 0 bridgehead atoms. The zero-order valence-electron chi connectivity index (χ0n) is 12.5. The maximum Gasteiger partial charge on any atom is 0.0992 e. The summed E-state index contributed by atoms with van der Waals surface area (Å²) in [7, 11) is 0. The predicted molar refractivity (Wildman–Crippen MR) is 80.6 cm³/mol. The molecule has 1 rings (SSSR count). The van der Waals surface area contributed by atoms with Crippen LogP contribution in [0.5, 0.6) is 0 Å². The lowest BCUT2D eigenvalue weighted by atomic mass is 10.0. The van der Waals surface area contributed by atoms with Crippen LogP contribution in [0.15, 0.2) is 18.2 Å². The molecule has 0 heterocycles. The second kappa shape index (κ2) is 7.88. The topological polar surface area (TPSA) is 67.5 Å². The molecule has 0 amide bonds. The molecule has 1 atom stereocenters. The van der Waals surface area contributed by atoms with Crippen LogP contribution in [0.1, 0.15) is 50.8 Å². The van der Waals surface area contributed by atoms with Crippen molar-refractivity contribution in [3.63, 3.8) is 0 Å². The van der Waals surface area contributed by atoms with Crippen LogP contribution < -0.4 is 4.90 Å². The van der Waals surface area contributed by atoms with E-state index in [2.05, 4.69) is 24.8 Å². The molecule has 1 aromatic carbocycles. The Balaban J connectivity index is 3.32. The summed E-state index contributed by atoms with van der Waals surface area (Å²) < 4.78 is 0. The van der Waals surface area contributed by atoms with Crippen molar-refractivity contribution in [1.29, 1.82) is 5.26 Å². The summed E-state index contributed by atoms with van der Waals surface area (Å²) >= 11 is 0. The van der Waals surface area contributed by atoms with E-state index in [0.717, 1.165) is 24.1 Å². The molecule has 0 aliphatic carbocycles. The third-order valence-corrected chi connectivity index (χ3v) is 3.64. The third-order valence-electron chi connectivity index (χ3n) is 3.64. The molecule has 0 saturated carbocycles. The van der Waals surface area contributed by atoms with Crippen LogP contribution in [0.3, 0.4) is 0 Å². The van der Waals surface area contributed by atoms with Crippen LogP contribution in [0, 0.1) is 11.3 Å². The normalized spacial score (nSPS) is 12.2. The number of nitrogens with zero attached hydrogens (tertiary/aromatic N) is 2. The summed E-state index contributed by atoms with van der Waals surface area (Å²) in [6.07, 6.45) is 1.30. The molecular weight excluding hydrogens is 252 g/mol. The van der Waals surface area contributed by atoms with Crippen molar-refractivity contribution < 1.29 is 10.2 Å². The largest absolute Gasteiger partial charge is 0.395 e. The van der Waals surface area contributed by atoms with Crippen molar-refractivity contribution in [1.82, 2.24) is 0 Å². The van der Waals surface area contributed by atoms with Gasteiger partial charge in [0.2, 0.25) is 0 Å². The molecule has 0 radical (unpaired) electrons. The predicted octanol–water partition coefficient (Wildman–Crippen LogP) is 2.60. The zero-order valence-corrected chi connectivity index (χ0v) is 12.5. The van der Waals surface area contributed by atoms with Crippen LogP contribution >= 0.6 is 0 Å². The van der Waals surface area contributed by atoms with Gasteiger partial charge in [0.1, 0.15) is 0 Å². The minimum Gasteiger partial charge on any atom is -0.395 e. The Morgan fingerprint density at radius 1 is 1.30 bits per heavy atom. The second-order valence-electron chi connectivity index (χ2n) is 4.95. The number of anilines is 1. The molecule has 2 N–H and O–H groups in total. The van der Waals surface area contributed by atoms with Gasteiger partial charge in [0.25, 0.3) is 0 Å². The van der Waals surface area contributed by atoms with Crippen molar-refractivity contribution in [3.05, 3.63) is 29.3 Å². The highest BCUT2D eigenvalue weighted by Crippen LogP contribution is 2.30. The Hall–Kier alpha value is -1.57. The van der Waals surface area contributed by atoms with Crippen molar-refractivity contribution in [2.24, 2.45) is 0 Å². The smallest absolute Gasteiger partial charge is 0.0992 e. The van der Waals surface area contributed by atoms with Gasteiger partial charge in [-0.25, -0.2) is 0 Å². The quantitative estimate of drug-likeness (QED) is 0.803. The number of rotatable bonds is 7. The number of aliphatic hydroxyl groups excluding tert-OH is 2. The standard InChI is InChI=1S/C16H24N2O2/c1-4-14(5-2)18(8-9-19)16-10-13(11-17)6-7-15(16)12(3)20/h6-7,10,12,14,19-20H,4-5,8-9H2,1-3H3/t12-/m0/s1. The maximum atomic E-state index is 9.94. The first-order chi connectivity index (χ1) is 9.58. The Labute approximate surface area is 121 Å².